The predicted molar refractivity (Wildman–Crippen MR) is 77.5 cm³/mol. The molecule has 114 valence electrons. The molecule has 2 aromatic rings. The lowest BCUT2D eigenvalue weighted by Gasteiger charge is -2.19. The van der Waals surface area contributed by atoms with E-state index in [2.05, 4.69) is 0 Å². The van der Waals surface area contributed by atoms with Crippen LogP contribution in [0.15, 0.2) is 30.3 Å². The molecule has 0 fully saturated rings. The van der Waals surface area contributed by atoms with E-state index in [9.17, 15) is 17.6 Å². The standard InChI is InChI=1S/C18H14F4/c1-2-10-5-16(21)18(17(22)6-10)11-3-4-14-12(7-11)8-13(19)9-15(14)20/h3,5-6,8-9H,2,4,7H2,1H3. The Bertz CT molecular complexity index is 752. The summed E-state index contributed by atoms with van der Waals surface area (Å²) in [7, 11) is 0. The van der Waals surface area contributed by atoms with Crippen LogP contribution in [0.3, 0.4) is 0 Å². The number of halogens is 4. The maximum Gasteiger partial charge on any atom is 0.133 e. The van der Waals surface area contributed by atoms with Gasteiger partial charge < -0.3 is 0 Å². The quantitative estimate of drug-likeness (QED) is 0.686. The number of hydrogen-bond acceptors (Lipinski definition) is 0. The number of aryl methyl sites for hydroxylation is 1. The minimum absolute atomic E-state index is 0.104. The molecule has 0 spiro atoms. The molecular weight excluding hydrogens is 292 g/mol. The van der Waals surface area contributed by atoms with Crippen LogP contribution in [0.4, 0.5) is 17.6 Å². The molecule has 0 atom stereocenters. The lowest BCUT2D eigenvalue weighted by Crippen LogP contribution is -2.08. The van der Waals surface area contributed by atoms with Gasteiger partial charge in [-0.25, -0.2) is 17.6 Å². The zero-order valence-electron chi connectivity index (χ0n) is 12.0. The molecule has 0 saturated carbocycles. The van der Waals surface area contributed by atoms with Gasteiger partial charge in [0.1, 0.15) is 23.3 Å². The molecule has 0 heterocycles. The average Bonchev–Trinajstić information content (AvgIpc) is 2.45. The molecule has 22 heavy (non-hydrogen) atoms. The van der Waals surface area contributed by atoms with Crippen molar-refractivity contribution in [3.8, 4) is 0 Å². The van der Waals surface area contributed by atoms with Gasteiger partial charge in [-0.2, -0.15) is 0 Å². The van der Waals surface area contributed by atoms with E-state index in [4.69, 9.17) is 0 Å². The smallest absolute Gasteiger partial charge is 0.133 e. The predicted octanol–water partition coefficient (Wildman–Crippen LogP) is 4.99. The number of benzene rings is 2. The molecule has 0 nitrogen and oxygen atoms in total. The summed E-state index contributed by atoms with van der Waals surface area (Å²) in [6, 6.07) is 4.67. The van der Waals surface area contributed by atoms with E-state index in [0.29, 0.717) is 28.7 Å². The molecule has 1 aliphatic rings. The van der Waals surface area contributed by atoms with Crippen LogP contribution >= 0.6 is 0 Å². The fraction of sp³-hybridized carbons (Fsp3) is 0.222. The van der Waals surface area contributed by atoms with Gasteiger partial charge in [-0.1, -0.05) is 13.0 Å². The molecule has 2 aromatic carbocycles. The van der Waals surface area contributed by atoms with Crippen molar-refractivity contribution in [2.24, 2.45) is 0 Å². The highest BCUT2D eigenvalue weighted by atomic mass is 19.1. The normalized spacial score (nSPS) is 13.8. The number of allylic oxidation sites excluding steroid dienone is 2. The highest BCUT2D eigenvalue weighted by Crippen LogP contribution is 2.32. The van der Waals surface area contributed by atoms with E-state index < -0.39 is 23.3 Å². The van der Waals surface area contributed by atoms with Crippen LogP contribution in [-0.4, -0.2) is 0 Å². The fourth-order valence-corrected chi connectivity index (χ4v) is 2.87. The van der Waals surface area contributed by atoms with E-state index in [1.165, 1.54) is 18.2 Å². The van der Waals surface area contributed by atoms with Gasteiger partial charge in [0.15, 0.2) is 0 Å². The molecule has 0 bridgehead atoms. The Balaban J connectivity index is 2.04. The second-order valence-corrected chi connectivity index (χ2v) is 5.42. The van der Waals surface area contributed by atoms with Crippen LogP contribution in [0.1, 0.15) is 29.2 Å². The second-order valence-electron chi connectivity index (χ2n) is 5.42. The summed E-state index contributed by atoms with van der Waals surface area (Å²) in [5.41, 5.74) is 1.72. The van der Waals surface area contributed by atoms with Crippen molar-refractivity contribution >= 4 is 5.57 Å². The highest BCUT2D eigenvalue weighted by Gasteiger charge is 2.21. The van der Waals surface area contributed by atoms with E-state index in [1.807, 2.05) is 6.92 Å². The van der Waals surface area contributed by atoms with Crippen molar-refractivity contribution in [1.82, 2.24) is 0 Å². The van der Waals surface area contributed by atoms with Crippen LogP contribution < -0.4 is 0 Å². The van der Waals surface area contributed by atoms with Gasteiger partial charge in [-0.15, -0.1) is 0 Å². The van der Waals surface area contributed by atoms with E-state index in [1.54, 1.807) is 6.08 Å². The van der Waals surface area contributed by atoms with Gasteiger partial charge >= 0.3 is 0 Å². The first-order chi connectivity index (χ1) is 10.5. The molecule has 0 unspecified atom stereocenters. The Morgan fingerprint density at radius 3 is 2.23 bits per heavy atom. The van der Waals surface area contributed by atoms with Crippen molar-refractivity contribution in [1.29, 1.82) is 0 Å². The first-order valence-corrected chi connectivity index (χ1v) is 7.13. The Morgan fingerprint density at radius 1 is 0.909 bits per heavy atom. The summed E-state index contributed by atoms with van der Waals surface area (Å²) < 4.78 is 55.4. The summed E-state index contributed by atoms with van der Waals surface area (Å²) in [6.07, 6.45) is 2.46. The number of hydrogen-bond donors (Lipinski definition) is 0. The molecule has 1 aliphatic carbocycles. The van der Waals surface area contributed by atoms with Gasteiger partial charge in [-0.3, -0.25) is 0 Å². The fourth-order valence-electron chi connectivity index (χ4n) is 2.87. The molecular formula is C18H14F4. The van der Waals surface area contributed by atoms with Crippen LogP contribution in [0.5, 0.6) is 0 Å². The lowest BCUT2D eigenvalue weighted by atomic mass is 9.87. The van der Waals surface area contributed by atoms with Crippen LogP contribution in [0.2, 0.25) is 0 Å². The Hall–Kier alpha value is -2.10. The van der Waals surface area contributed by atoms with Gasteiger partial charge in [0, 0.05) is 11.6 Å². The van der Waals surface area contributed by atoms with Crippen molar-refractivity contribution < 1.29 is 17.6 Å². The summed E-state index contributed by atoms with van der Waals surface area (Å²) in [5.74, 6) is -2.57. The molecule has 0 aliphatic heterocycles. The van der Waals surface area contributed by atoms with Crippen molar-refractivity contribution in [2.45, 2.75) is 26.2 Å². The number of rotatable bonds is 2. The largest absolute Gasteiger partial charge is 0.207 e. The zero-order valence-corrected chi connectivity index (χ0v) is 12.0. The van der Waals surface area contributed by atoms with E-state index in [-0.39, 0.29) is 18.4 Å². The van der Waals surface area contributed by atoms with E-state index in [0.717, 1.165) is 6.07 Å². The maximum atomic E-state index is 14.2. The van der Waals surface area contributed by atoms with Gasteiger partial charge in [0.25, 0.3) is 0 Å². The minimum Gasteiger partial charge on any atom is -0.207 e. The minimum atomic E-state index is -0.681. The molecule has 0 amide bonds. The zero-order chi connectivity index (χ0) is 15.9. The molecule has 0 aromatic heterocycles. The van der Waals surface area contributed by atoms with Crippen LogP contribution in [0.25, 0.3) is 5.57 Å². The summed E-state index contributed by atoms with van der Waals surface area (Å²) in [5, 5.41) is 0. The van der Waals surface area contributed by atoms with Crippen molar-refractivity contribution in [2.75, 3.05) is 0 Å². The van der Waals surface area contributed by atoms with Crippen LogP contribution in [0, 0.1) is 23.3 Å². The number of fused-ring (bicyclic) bond motifs is 1. The van der Waals surface area contributed by atoms with E-state index >= 15 is 0 Å². The maximum absolute atomic E-state index is 14.2. The Morgan fingerprint density at radius 2 is 1.59 bits per heavy atom. The molecule has 0 saturated heterocycles. The van der Waals surface area contributed by atoms with Gasteiger partial charge in [0.2, 0.25) is 0 Å². The van der Waals surface area contributed by atoms with Crippen molar-refractivity contribution in [3.63, 3.8) is 0 Å². The monoisotopic (exact) mass is 306 g/mol. The summed E-state index contributed by atoms with van der Waals surface area (Å²) >= 11 is 0. The average molecular weight is 306 g/mol. The van der Waals surface area contributed by atoms with Crippen molar-refractivity contribution in [3.05, 3.63) is 75.9 Å². The van der Waals surface area contributed by atoms with Gasteiger partial charge in [0.05, 0.1) is 0 Å². The third-order valence-corrected chi connectivity index (χ3v) is 4.02. The summed E-state index contributed by atoms with van der Waals surface area (Å²) in [4.78, 5) is 0. The topological polar surface area (TPSA) is 0 Å². The third kappa shape index (κ3) is 2.54. The molecule has 0 radical (unpaired) electrons. The SMILES string of the molecule is CCc1cc(F)c(C2=CCc3c(F)cc(F)cc3C2)c(F)c1. The molecule has 4 heteroatoms. The molecule has 0 N–H and O–H groups in total. The lowest BCUT2D eigenvalue weighted by molar-refractivity contribution is 0.567. The Kier molecular flexibility index (Phi) is 3.77. The summed E-state index contributed by atoms with van der Waals surface area (Å²) in [6.45, 7) is 1.82. The highest BCUT2D eigenvalue weighted by molar-refractivity contribution is 5.71. The molecule has 3 rings (SSSR count). The van der Waals surface area contributed by atoms with Crippen LogP contribution in [-0.2, 0) is 19.3 Å². The first kappa shape index (κ1) is 14.8. The first-order valence-electron chi connectivity index (χ1n) is 7.13. The third-order valence-electron chi connectivity index (χ3n) is 4.02. The Labute approximate surface area is 126 Å². The second kappa shape index (κ2) is 5.59. The van der Waals surface area contributed by atoms with Gasteiger partial charge in [-0.05, 0) is 59.7 Å².